The second-order valence-electron chi connectivity index (χ2n) is 8.81. The summed E-state index contributed by atoms with van der Waals surface area (Å²) in [7, 11) is 1.86. The van der Waals surface area contributed by atoms with E-state index in [9.17, 15) is 4.79 Å². The molecule has 3 unspecified atom stereocenters. The van der Waals surface area contributed by atoms with Crippen molar-refractivity contribution in [3.8, 4) is 11.3 Å². The van der Waals surface area contributed by atoms with Gasteiger partial charge in [-0.3, -0.25) is 9.48 Å². The van der Waals surface area contributed by atoms with Crippen LogP contribution in [0, 0.1) is 0 Å². The number of carbonyl (C=O) groups is 1. The molecule has 1 aliphatic carbocycles. The van der Waals surface area contributed by atoms with E-state index in [1.54, 1.807) is 4.68 Å². The standard InChI is InChI=1S/C22H25N9O2S/c1-30-7-6-13(29-30)12-9-31(20-18(12)19(23)25-10-26-20)17-5-4-15(33-17)21(32)27-11-2-3-14-16(8-11)34-22(24)28-14/h6-7,9-11,15,17H,2-5,8H2,1H3,(H2,24,28)(H,27,32)(H2,23,25,26). The van der Waals surface area contributed by atoms with E-state index in [1.165, 1.54) is 17.7 Å². The van der Waals surface area contributed by atoms with Crippen LogP contribution in [0.4, 0.5) is 10.9 Å². The quantitative estimate of drug-likeness (QED) is 0.401. The molecule has 12 heteroatoms. The summed E-state index contributed by atoms with van der Waals surface area (Å²) < 4.78 is 9.90. The summed E-state index contributed by atoms with van der Waals surface area (Å²) in [5.41, 5.74) is 15.4. The molecule has 0 bridgehead atoms. The van der Waals surface area contributed by atoms with Gasteiger partial charge in [0.05, 0.1) is 16.8 Å². The van der Waals surface area contributed by atoms with E-state index in [0.717, 1.165) is 46.5 Å². The Morgan fingerprint density at radius 1 is 1.26 bits per heavy atom. The van der Waals surface area contributed by atoms with Crippen LogP contribution < -0.4 is 16.8 Å². The van der Waals surface area contributed by atoms with Gasteiger partial charge in [0, 0.05) is 42.3 Å². The van der Waals surface area contributed by atoms with Crippen molar-refractivity contribution in [2.75, 3.05) is 11.5 Å². The van der Waals surface area contributed by atoms with Gasteiger partial charge in [-0.05, 0) is 31.7 Å². The average Bonchev–Trinajstić information content (AvgIpc) is 3.58. The number of hydrogen-bond donors (Lipinski definition) is 3. The topological polar surface area (TPSA) is 152 Å². The van der Waals surface area contributed by atoms with Gasteiger partial charge in [0.2, 0.25) is 5.91 Å². The van der Waals surface area contributed by atoms with Crippen LogP contribution in [-0.4, -0.2) is 47.4 Å². The van der Waals surface area contributed by atoms with E-state index < -0.39 is 6.10 Å². The predicted molar refractivity (Wildman–Crippen MR) is 128 cm³/mol. The largest absolute Gasteiger partial charge is 0.383 e. The third-order valence-corrected chi connectivity index (χ3v) is 7.48. The van der Waals surface area contributed by atoms with Crippen LogP contribution >= 0.6 is 11.3 Å². The van der Waals surface area contributed by atoms with Crippen molar-refractivity contribution in [1.29, 1.82) is 0 Å². The van der Waals surface area contributed by atoms with E-state index in [4.69, 9.17) is 16.2 Å². The van der Waals surface area contributed by atoms with Crippen LogP contribution in [0.3, 0.4) is 0 Å². The SMILES string of the molecule is Cn1ccc(-c2cn(C3CCC(C(=O)NC4CCc5nc(N)sc5C4)O3)c3ncnc(N)c23)n1. The lowest BCUT2D eigenvalue weighted by molar-refractivity contribution is -0.134. The van der Waals surface area contributed by atoms with Gasteiger partial charge in [-0.25, -0.2) is 15.0 Å². The molecular weight excluding hydrogens is 454 g/mol. The second kappa shape index (κ2) is 8.06. The van der Waals surface area contributed by atoms with Gasteiger partial charge in [0.15, 0.2) is 5.13 Å². The van der Waals surface area contributed by atoms with Crippen LogP contribution in [0.15, 0.2) is 24.8 Å². The maximum atomic E-state index is 13.0. The van der Waals surface area contributed by atoms with Crippen LogP contribution in [0.1, 0.15) is 36.1 Å². The molecule has 0 aromatic carbocycles. The number of aromatic nitrogens is 6. The van der Waals surface area contributed by atoms with Crippen molar-refractivity contribution in [2.24, 2.45) is 7.05 Å². The van der Waals surface area contributed by atoms with Gasteiger partial charge < -0.3 is 26.1 Å². The van der Waals surface area contributed by atoms with Crippen molar-refractivity contribution in [2.45, 2.75) is 50.5 Å². The van der Waals surface area contributed by atoms with E-state index in [0.29, 0.717) is 29.4 Å². The monoisotopic (exact) mass is 479 g/mol. The smallest absolute Gasteiger partial charge is 0.249 e. The number of fused-ring (bicyclic) bond motifs is 2. The first kappa shape index (κ1) is 21.1. The number of nitrogens with one attached hydrogen (secondary N) is 1. The lowest BCUT2D eigenvalue weighted by atomic mass is 9.97. The Morgan fingerprint density at radius 3 is 2.97 bits per heavy atom. The third kappa shape index (κ3) is 3.59. The molecule has 1 aliphatic heterocycles. The maximum Gasteiger partial charge on any atom is 0.249 e. The van der Waals surface area contributed by atoms with E-state index in [-0.39, 0.29) is 18.2 Å². The Balaban J connectivity index is 1.21. The maximum absolute atomic E-state index is 13.0. The summed E-state index contributed by atoms with van der Waals surface area (Å²) >= 11 is 1.51. The van der Waals surface area contributed by atoms with E-state index >= 15 is 0 Å². The zero-order valence-electron chi connectivity index (χ0n) is 18.6. The van der Waals surface area contributed by atoms with E-state index in [1.807, 2.05) is 30.1 Å². The molecule has 0 spiro atoms. The molecule has 1 fully saturated rings. The number of thiazole rings is 1. The summed E-state index contributed by atoms with van der Waals surface area (Å²) in [6, 6.07) is 1.99. The fourth-order valence-electron chi connectivity index (χ4n) is 4.91. The first-order valence-corrected chi connectivity index (χ1v) is 12.1. The highest BCUT2D eigenvalue weighted by Crippen LogP contribution is 2.37. The number of amides is 1. The van der Waals surface area contributed by atoms with Gasteiger partial charge in [-0.1, -0.05) is 0 Å². The fourth-order valence-corrected chi connectivity index (χ4v) is 5.87. The molecule has 4 aromatic heterocycles. The van der Waals surface area contributed by atoms with Crippen molar-refractivity contribution in [3.63, 3.8) is 0 Å². The highest BCUT2D eigenvalue weighted by Gasteiger charge is 2.35. The summed E-state index contributed by atoms with van der Waals surface area (Å²) in [6.07, 6.45) is 8.17. The predicted octanol–water partition coefficient (Wildman–Crippen LogP) is 1.80. The van der Waals surface area contributed by atoms with Crippen LogP contribution in [0.2, 0.25) is 0 Å². The number of ether oxygens (including phenoxy) is 1. The number of nitrogen functional groups attached to an aromatic ring is 2. The average molecular weight is 480 g/mol. The molecule has 2 aliphatic rings. The molecule has 34 heavy (non-hydrogen) atoms. The highest BCUT2D eigenvalue weighted by atomic mass is 32.1. The van der Waals surface area contributed by atoms with Crippen molar-refractivity contribution in [1.82, 2.24) is 34.6 Å². The van der Waals surface area contributed by atoms with Gasteiger partial charge in [0.25, 0.3) is 0 Å². The minimum atomic E-state index is -0.520. The minimum Gasteiger partial charge on any atom is -0.383 e. The fraction of sp³-hybridized carbons (Fsp3) is 0.409. The summed E-state index contributed by atoms with van der Waals surface area (Å²) in [6.45, 7) is 0. The number of nitrogens with zero attached hydrogens (tertiary/aromatic N) is 6. The molecule has 5 heterocycles. The normalized spacial score (nSPS) is 22.2. The Kier molecular flexibility index (Phi) is 4.99. The third-order valence-electron chi connectivity index (χ3n) is 6.53. The molecular formula is C22H25N9O2S. The van der Waals surface area contributed by atoms with E-state index in [2.05, 4.69) is 25.4 Å². The highest BCUT2D eigenvalue weighted by molar-refractivity contribution is 7.15. The molecule has 176 valence electrons. The summed E-state index contributed by atoms with van der Waals surface area (Å²) in [5, 5.41) is 9.01. The van der Waals surface area contributed by atoms with Gasteiger partial charge in [-0.15, -0.1) is 11.3 Å². The minimum absolute atomic E-state index is 0.0678. The van der Waals surface area contributed by atoms with Crippen molar-refractivity contribution in [3.05, 3.63) is 35.4 Å². The second-order valence-corrected chi connectivity index (χ2v) is 9.92. The number of anilines is 2. The molecule has 1 saturated heterocycles. The molecule has 3 atom stereocenters. The molecule has 0 saturated carbocycles. The number of hydrogen-bond acceptors (Lipinski definition) is 9. The van der Waals surface area contributed by atoms with Gasteiger partial charge in [0.1, 0.15) is 30.1 Å². The Labute approximate surface area is 199 Å². The number of rotatable bonds is 4. The van der Waals surface area contributed by atoms with Crippen molar-refractivity contribution < 1.29 is 9.53 Å². The van der Waals surface area contributed by atoms with Crippen LogP contribution in [0.5, 0.6) is 0 Å². The Morgan fingerprint density at radius 2 is 2.15 bits per heavy atom. The lowest BCUT2D eigenvalue weighted by Crippen LogP contribution is -2.43. The Hall–Kier alpha value is -3.51. The first-order valence-electron chi connectivity index (χ1n) is 11.3. The zero-order valence-corrected chi connectivity index (χ0v) is 19.5. The van der Waals surface area contributed by atoms with Crippen LogP contribution in [-0.2, 0) is 29.4 Å². The number of nitrogens with two attached hydrogens (primary N) is 2. The lowest BCUT2D eigenvalue weighted by Gasteiger charge is -2.24. The molecule has 1 amide bonds. The molecule has 0 radical (unpaired) electrons. The van der Waals surface area contributed by atoms with Gasteiger partial charge >= 0.3 is 0 Å². The number of aryl methyl sites for hydroxylation is 2. The summed E-state index contributed by atoms with van der Waals surface area (Å²) in [4.78, 5) is 27.2. The summed E-state index contributed by atoms with van der Waals surface area (Å²) in [5.74, 6) is 0.307. The molecule has 11 nitrogen and oxygen atoms in total. The first-order chi connectivity index (χ1) is 16.5. The Bertz CT molecular complexity index is 1390. The zero-order chi connectivity index (χ0) is 23.4. The van der Waals surface area contributed by atoms with Crippen LogP contribution in [0.25, 0.3) is 22.3 Å². The molecule has 4 aromatic rings. The number of carbonyl (C=O) groups excluding carboxylic acids is 1. The van der Waals surface area contributed by atoms with Crippen molar-refractivity contribution >= 4 is 39.2 Å². The molecule has 6 rings (SSSR count). The molecule has 5 N–H and O–H groups in total. The van der Waals surface area contributed by atoms with Gasteiger partial charge in [-0.2, -0.15) is 5.10 Å².